The summed E-state index contributed by atoms with van der Waals surface area (Å²) in [5.41, 5.74) is 5.32. The van der Waals surface area contributed by atoms with Gasteiger partial charge in [-0.1, -0.05) is 11.6 Å². The quantitative estimate of drug-likeness (QED) is 0.784. The topological polar surface area (TPSA) is 77.2 Å². The number of pyridine rings is 1. The van der Waals surface area contributed by atoms with Crippen LogP contribution in [0.2, 0.25) is 5.15 Å². The Morgan fingerprint density at radius 3 is 2.82 bits per heavy atom. The molecule has 0 spiro atoms. The van der Waals surface area contributed by atoms with Crippen LogP contribution in [0, 0.1) is 0 Å². The molecule has 5 nitrogen and oxygen atoms in total. The van der Waals surface area contributed by atoms with E-state index in [-0.39, 0.29) is 0 Å². The van der Waals surface area contributed by atoms with Gasteiger partial charge in [0, 0.05) is 24.6 Å². The van der Waals surface area contributed by atoms with Gasteiger partial charge in [0.1, 0.15) is 10.8 Å². The lowest BCUT2D eigenvalue weighted by Crippen LogP contribution is -2.44. The van der Waals surface area contributed by atoms with E-state index in [1.165, 1.54) is 0 Å². The summed E-state index contributed by atoms with van der Waals surface area (Å²) in [7, 11) is 0. The third kappa shape index (κ3) is 2.68. The molecule has 2 rings (SSSR count). The fourth-order valence-electron chi connectivity index (χ4n) is 2.16. The number of piperidine rings is 1. The molecule has 0 bridgehead atoms. The number of hydrogen-bond acceptors (Lipinski definition) is 4. The molecule has 17 heavy (non-hydrogen) atoms. The van der Waals surface area contributed by atoms with E-state index in [4.69, 9.17) is 22.1 Å². The van der Waals surface area contributed by atoms with Gasteiger partial charge < -0.3 is 15.8 Å². The predicted octanol–water partition coefficient (Wildman–Crippen LogP) is 1.41. The van der Waals surface area contributed by atoms with Crippen LogP contribution in [0.15, 0.2) is 18.3 Å². The van der Waals surface area contributed by atoms with E-state index in [1.807, 2.05) is 0 Å². The van der Waals surface area contributed by atoms with Gasteiger partial charge in [0.25, 0.3) is 0 Å². The van der Waals surface area contributed by atoms with Crippen LogP contribution in [0.3, 0.4) is 0 Å². The lowest BCUT2D eigenvalue weighted by Gasteiger charge is -2.36. The maximum absolute atomic E-state index is 11.1. The molecule has 92 valence electrons. The molecule has 3 N–H and O–H groups in total. The number of aromatic nitrogens is 1. The SMILES string of the molecule is NC(=O)OC1(c2ccnc(Cl)c2)CCNCC1. The highest BCUT2D eigenvalue weighted by molar-refractivity contribution is 6.29. The first-order valence-electron chi connectivity index (χ1n) is 5.44. The second kappa shape index (κ2) is 4.89. The second-order valence-electron chi connectivity index (χ2n) is 4.03. The minimum absolute atomic E-state index is 0.383. The maximum Gasteiger partial charge on any atom is 0.405 e. The molecule has 0 radical (unpaired) electrons. The Balaban J connectivity index is 2.35. The standard InChI is InChI=1S/C11H14ClN3O2/c12-9-7-8(1-4-15-9)11(17-10(13)16)2-5-14-6-3-11/h1,4,7,14H,2-3,5-6H2,(H2,13,16). The van der Waals surface area contributed by atoms with E-state index < -0.39 is 11.7 Å². The third-order valence-corrected chi connectivity index (χ3v) is 3.17. The summed E-state index contributed by atoms with van der Waals surface area (Å²) < 4.78 is 5.33. The third-order valence-electron chi connectivity index (χ3n) is 2.96. The van der Waals surface area contributed by atoms with Crippen molar-refractivity contribution in [2.24, 2.45) is 5.73 Å². The number of nitrogens with one attached hydrogen (secondary N) is 1. The molecule has 0 saturated carbocycles. The molecular formula is C11H14ClN3O2. The summed E-state index contributed by atoms with van der Waals surface area (Å²) in [4.78, 5) is 15.0. The summed E-state index contributed by atoms with van der Waals surface area (Å²) in [6.07, 6.45) is 2.19. The van der Waals surface area contributed by atoms with Crippen LogP contribution >= 0.6 is 11.6 Å². The Morgan fingerprint density at radius 2 is 2.24 bits per heavy atom. The molecular weight excluding hydrogens is 242 g/mol. The van der Waals surface area contributed by atoms with Crippen LogP contribution in [0.4, 0.5) is 4.79 Å². The minimum atomic E-state index is -0.764. The number of carbonyl (C=O) groups excluding carboxylic acids is 1. The Morgan fingerprint density at radius 1 is 1.53 bits per heavy atom. The van der Waals surface area contributed by atoms with Crippen LogP contribution in [-0.4, -0.2) is 24.2 Å². The predicted molar refractivity (Wildman–Crippen MR) is 63.7 cm³/mol. The van der Waals surface area contributed by atoms with Gasteiger partial charge in [-0.2, -0.15) is 0 Å². The normalized spacial score (nSPS) is 18.6. The van der Waals surface area contributed by atoms with Crippen LogP contribution in [-0.2, 0) is 10.3 Å². The maximum atomic E-state index is 11.1. The average molecular weight is 256 g/mol. The molecule has 0 aromatic carbocycles. The number of halogens is 1. The van der Waals surface area contributed by atoms with Crippen molar-refractivity contribution in [1.82, 2.24) is 10.3 Å². The zero-order valence-electron chi connectivity index (χ0n) is 9.28. The zero-order valence-corrected chi connectivity index (χ0v) is 10.0. The first kappa shape index (κ1) is 12.1. The first-order chi connectivity index (χ1) is 8.12. The number of nitrogens with zero attached hydrogens (tertiary/aromatic N) is 1. The molecule has 1 aliphatic heterocycles. The minimum Gasteiger partial charge on any atom is -0.438 e. The van der Waals surface area contributed by atoms with Crippen LogP contribution < -0.4 is 11.1 Å². The Bertz CT molecular complexity index is 419. The van der Waals surface area contributed by atoms with Gasteiger partial charge in [-0.3, -0.25) is 0 Å². The summed E-state index contributed by atoms with van der Waals surface area (Å²) in [5, 5.41) is 3.60. The molecule has 2 heterocycles. The smallest absolute Gasteiger partial charge is 0.405 e. The Kier molecular flexibility index (Phi) is 3.49. The Hall–Kier alpha value is -1.33. The van der Waals surface area contributed by atoms with Gasteiger partial charge in [0.15, 0.2) is 0 Å². The van der Waals surface area contributed by atoms with Gasteiger partial charge in [0.05, 0.1) is 0 Å². The van der Waals surface area contributed by atoms with Crippen molar-refractivity contribution < 1.29 is 9.53 Å². The van der Waals surface area contributed by atoms with Crippen LogP contribution in [0.1, 0.15) is 18.4 Å². The Labute approximate surface area is 104 Å². The van der Waals surface area contributed by atoms with E-state index in [9.17, 15) is 4.79 Å². The molecule has 0 unspecified atom stereocenters. The molecule has 0 atom stereocenters. The van der Waals surface area contributed by atoms with E-state index in [2.05, 4.69) is 10.3 Å². The summed E-state index contributed by atoms with van der Waals surface area (Å²) in [6, 6.07) is 3.52. The van der Waals surface area contributed by atoms with Gasteiger partial charge >= 0.3 is 6.09 Å². The van der Waals surface area contributed by atoms with Crippen LogP contribution in [0.25, 0.3) is 0 Å². The summed E-state index contributed by atoms with van der Waals surface area (Å²) in [5.74, 6) is 0. The van der Waals surface area contributed by atoms with E-state index in [0.29, 0.717) is 18.0 Å². The molecule has 0 aliphatic carbocycles. The van der Waals surface area contributed by atoms with Crippen molar-refractivity contribution in [2.75, 3.05) is 13.1 Å². The molecule has 1 saturated heterocycles. The number of carbonyl (C=O) groups is 1. The van der Waals surface area contributed by atoms with Gasteiger partial charge in [-0.25, -0.2) is 9.78 Å². The molecule has 1 aliphatic rings. The number of amides is 1. The lowest BCUT2D eigenvalue weighted by atomic mass is 9.85. The molecule has 6 heteroatoms. The molecule has 1 fully saturated rings. The van der Waals surface area contributed by atoms with Gasteiger partial charge in [-0.15, -0.1) is 0 Å². The average Bonchev–Trinajstić information content (AvgIpc) is 2.29. The monoisotopic (exact) mass is 255 g/mol. The number of rotatable bonds is 2. The van der Waals surface area contributed by atoms with Crippen molar-refractivity contribution in [3.05, 3.63) is 29.0 Å². The molecule has 1 amide bonds. The highest BCUT2D eigenvalue weighted by Crippen LogP contribution is 2.35. The first-order valence-corrected chi connectivity index (χ1v) is 5.81. The van der Waals surface area contributed by atoms with Gasteiger partial charge in [0.2, 0.25) is 0 Å². The second-order valence-corrected chi connectivity index (χ2v) is 4.42. The number of ether oxygens (including phenoxy) is 1. The molecule has 1 aromatic rings. The fraction of sp³-hybridized carbons (Fsp3) is 0.455. The fourth-order valence-corrected chi connectivity index (χ4v) is 2.33. The highest BCUT2D eigenvalue weighted by atomic mass is 35.5. The van der Waals surface area contributed by atoms with E-state index in [0.717, 1.165) is 18.7 Å². The number of nitrogens with two attached hydrogens (primary N) is 1. The highest BCUT2D eigenvalue weighted by Gasteiger charge is 2.37. The van der Waals surface area contributed by atoms with Crippen molar-refractivity contribution in [2.45, 2.75) is 18.4 Å². The van der Waals surface area contributed by atoms with Gasteiger partial charge in [-0.05, 0) is 25.2 Å². The van der Waals surface area contributed by atoms with E-state index in [1.54, 1.807) is 18.3 Å². The summed E-state index contributed by atoms with van der Waals surface area (Å²) in [6.45, 7) is 1.54. The van der Waals surface area contributed by atoms with Crippen molar-refractivity contribution in [3.63, 3.8) is 0 Å². The van der Waals surface area contributed by atoms with Crippen molar-refractivity contribution >= 4 is 17.7 Å². The van der Waals surface area contributed by atoms with Crippen molar-refractivity contribution in [3.8, 4) is 0 Å². The van der Waals surface area contributed by atoms with Crippen molar-refractivity contribution in [1.29, 1.82) is 0 Å². The van der Waals surface area contributed by atoms with E-state index >= 15 is 0 Å². The summed E-state index contributed by atoms with van der Waals surface area (Å²) >= 11 is 5.86. The largest absolute Gasteiger partial charge is 0.438 e. The number of hydrogen-bond donors (Lipinski definition) is 2. The van der Waals surface area contributed by atoms with Crippen LogP contribution in [0.5, 0.6) is 0 Å². The number of primary amides is 1. The molecule has 1 aromatic heterocycles. The lowest BCUT2D eigenvalue weighted by molar-refractivity contribution is -0.0112. The zero-order chi connectivity index (χ0) is 12.3.